The predicted molar refractivity (Wildman–Crippen MR) is 75.6 cm³/mol. The quantitative estimate of drug-likeness (QED) is 0.804. The second kappa shape index (κ2) is 4.76. The Hall–Kier alpha value is -2.14. The molecule has 0 bridgehead atoms. The van der Waals surface area contributed by atoms with Crippen LogP contribution in [0.5, 0.6) is 0 Å². The van der Waals surface area contributed by atoms with Gasteiger partial charge in [0.2, 0.25) is 0 Å². The first kappa shape index (κ1) is 12.9. The van der Waals surface area contributed by atoms with Gasteiger partial charge in [0.25, 0.3) is 0 Å². The molecule has 20 heavy (non-hydrogen) atoms. The number of hydrogen-bond donors (Lipinski definition) is 1. The van der Waals surface area contributed by atoms with Crippen molar-refractivity contribution in [3.05, 3.63) is 66.1 Å². The Bertz CT molecular complexity index is 868. The van der Waals surface area contributed by atoms with Crippen LogP contribution in [0.15, 0.2) is 59.6 Å². The fourth-order valence-electron chi connectivity index (χ4n) is 2.20. The molecule has 0 amide bonds. The lowest BCUT2D eigenvalue weighted by Gasteiger charge is -2.04. The van der Waals surface area contributed by atoms with Gasteiger partial charge in [-0.1, -0.05) is 36.4 Å². The highest BCUT2D eigenvalue weighted by molar-refractivity contribution is 7.90. The van der Waals surface area contributed by atoms with Gasteiger partial charge in [-0.3, -0.25) is 0 Å². The smallest absolute Gasteiger partial charge is 0.184 e. The van der Waals surface area contributed by atoms with Crippen LogP contribution in [0.3, 0.4) is 0 Å². The Kier molecular flexibility index (Phi) is 3.06. The Morgan fingerprint density at radius 2 is 1.70 bits per heavy atom. The van der Waals surface area contributed by atoms with Crippen molar-refractivity contribution >= 4 is 20.7 Å². The topological polar surface area (TPSA) is 49.9 Å². The Morgan fingerprint density at radius 3 is 2.50 bits per heavy atom. The minimum absolute atomic E-state index is 0.179. The summed E-state index contributed by atoms with van der Waals surface area (Å²) in [7, 11) is -3.59. The van der Waals surface area contributed by atoms with Gasteiger partial charge in [0.15, 0.2) is 9.84 Å². The van der Waals surface area contributed by atoms with Crippen molar-refractivity contribution in [2.45, 2.75) is 10.6 Å². The Morgan fingerprint density at radius 1 is 1.00 bits per heavy atom. The van der Waals surface area contributed by atoms with E-state index in [2.05, 4.69) is 4.98 Å². The summed E-state index contributed by atoms with van der Waals surface area (Å²) in [5.41, 5.74) is 0.928. The minimum Gasteiger partial charge on any atom is -0.360 e. The highest BCUT2D eigenvalue weighted by Crippen LogP contribution is 2.26. The van der Waals surface area contributed by atoms with Crippen LogP contribution in [0.25, 0.3) is 10.9 Å². The molecule has 0 unspecified atom stereocenters. The highest BCUT2D eigenvalue weighted by Gasteiger charge is 2.20. The predicted octanol–water partition coefficient (Wildman–Crippen LogP) is 3.28. The molecule has 0 saturated heterocycles. The molecule has 2 aromatic carbocycles. The molecule has 0 aliphatic rings. The average Bonchev–Trinajstić information content (AvgIpc) is 2.86. The molecule has 0 fully saturated rings. The van der Waals surface area contributed by atoms with Gasteiger partial charge in [-0.15, -0.1) is 0 Å². The van der Waals surface area contributed by atoms with Crippen LogP contribution in [-0.4, -0.2) is 13.4 Å². The van der Waals surface area contributed by atoms with E-state index in [1.165, 1.54) is 24.4 Å². The highest BCUT2D eigenvalue weighted by atomic mass is 32.2. The summed E-state index contributed by atoms with van der Waals surface area (Å²) in [6.07, 6.45) is 1.46. The van der Waals surface area contributed by atoms with Crippen LogP contribution in [0.2, 0.25) is 0 Å². The molecule has 102 valence electrons. The lowest BCUT2D eigenvalue weighted by atomic mass is 10.2. The van der Waals surface area contributed by atoms with E-state index in [4.69, 9.17) is 0 Å². The first-order valence-corrected chi connectivity index (χ1v) is 7.75. The molecule has 0 atom stereocenters. The number of benzene rings is 2. The third-order valence-electron chi connectivity index (χ3n) is 3.19. The van der Waals surface area contributed by atoms with Crippen molar-refractivity contribution < 1.29 is 12.8 Å². The standard InChI is InChI=1S/C15H12FNO2S/c16-13-7-3-1-5-11(13)10-20(18,19)15-9-17-14-8-4-2-6-12(14)15/h1-9,17H,10H2. The molecule has 3 aromatic rings. The maximum Gasteiger partial charge on any atom is 0.184 e. The normalized spacial score (nSPS) is 11.8. The van der Waals surface area contributed by atoms with E-state index in [9.17, 15) is 12.8 Å². The lowest BCUT2D eigenvalue weighted by molar-refractivity contribution is 0.588. The third-order valence-corrected chi connectivity index (χ3v) is 4.89. The second-order valence-corrected chi connectivity index (χ2v) is 6.51. The molecule has 0 radical (unpaired) electrons. The van der Waals surface area contributed by atoms with Gasteiger partial charge in [0, 0.05) is 22.7 Å². The van der Waals surface area contributed by atoms with Gasteiger partial charge >= 0.3 is 0 Å². The monoisotopic (exact) mass is 289 g/mol. The van der Waals surface area contributed by atoms with Gasteiger partial charge < -0.3 is 4.98 Å². The first-order valence-electron chi connectivity index (χ1n) is 6.10. The molecule has 1 N–H and O–H groups in total. The first-order chi connectivity index (χ1) is 9.58. The number of aromatic amines is 1. The molecule has 1 aromatic heterocycles. The van der Waals surface area contributed by atoms with E-state index in [0.29, 0.717) is 5.39 Å². The number of para-hydroxylation sites is 1. The summed E-state index contributed by atoms with van der Waals surface area (Å²) in [5.74, 6) is -0.849. The molecular formula is C15H12FNO2S. The molecule has 0 saturated carbocycles. The van der Waals surface area contributed by atoms with Gasteiger partial charge in [-0.25, -0.2) is 12.8 Å². The molecule has 0 aliphatic carbocycles. The minimum atomic E-state index is -3.59. The second-order valence-electron chi connectivity index (χ2n) is 4.55. The SMILES string of the molecule is O=S(=O)(Cc1ccccc1F)c1c[nH]c2ccccc12. The molecule has 3 nitrogen and oxygen atoms in total. The lowest BCUT2D eigenvalue weighted by Crippen LogP contribution is -2.05. The van der Waals surface area contributed by atoms with Crippen molar-refractivity contribution in [1.82, 2.24) is 4.98 Å². The summed E-state index contributed by atoms with van der Waals surface area (Å²) < 4.78 is 38.5. The summed E-state index contributed by atoms with van der Waals surface area (Å²) in [6.45, 7) is 0. The van der Waals surface area contributed by atoms with E-state index in [1.807, 2.05) is 6.07 Å². The maximum atomic E-state index is 13.6. The van der Waals surface area contributed by atoms with Crippen LogP contribution in [0.4, 0.5) is 4.39 Å². The molecule has 0 aliphatic heterocycles. The van der Waals surface area contributed by atoms with E-state index in [1.54, 1.807) is 24.3 Å². The number of rotatable bonds is 3. The molecule has 0 spiro atoms. The van der Waals surface area contributed by atoms with Crippen molar-refractivity contribution in [3.8, 4) is 0 Å². The van der Waals surface area contributed by atoms with Crippen LogP contribution in [0, 0.1) is 5.82 Å². The third kappa shape index (κ3) is 2.20. The van der Waals surface area contributed by atoms with E-state index in [0.717, 1.165) is 5.52 Å². The number of nitrogens with one attached hydrogen (secondary N) is 1. The van der Waals surface area contributed by atoms with Crippen LogP contribution >= 0.6 is 0 Å². The molecule has 5 heteroatoms. The van der Waals surface area contributed by atoms with Crippen LogP contribution in [0.1, 0.15) is 5.56 Å². The van der Waals surface area contributed by atoms with Gasteiger partial charge in [-0.2, -0.15) is 0 Å². The molecule has 1 heterocycles. The maximum absolute atomic E-state index is 13.6. The van der Waals surface area contributed by atoms with Crippen molar-refractivity contribution in [2.24, 2.45) is 0 Å². The molecule has 3 rings (SSSR count). The van der Waals surface area contributed by atoms with E-state index in [-0.39, 0.29) is 16.2 Å². The Labute approximate surface area is 116 Å². The van der Waals surface area contributed by atoms with E-state index < -0.39 is 15.7 Å². The molecular weight excluding hydrogens is 277 g/mol. The fraction of sp³-hybridized carbons (Fsp3) is 0.0667. The summed E-state index contributed by atoms with van der Waals surface area (Å²) in [6, 6.07) is 13.1. The fourth-order valence-corrected chi connectivity index (χ4v) is 3.75. The zero-order valence-corrected chi connectivity index (χ0v) is 11.3. The van der Waals surface area contributed by atoms with Crippen molar-refractivity contribution in [1.29, 1.82) is 0 Å². The van der Waals surface area contributed by atoms with Crippen LogP contribution < -0.4 is 0 Å². The number of H-pyrrole nitrogens is 1. The number of fused-ring (bicyclic) bond motifs is 1. The number of halogens is 1. The van der Waals surface area contributed by atoms with Gasteiger partial charge in [-0.05, 0) is 12.1 Å². The zero-order valence-electron chi connectivity index (χ0n) is 10.5. The summed E-state index contributed by atoms with van der Waals surface area (Å²) >= 11 is 0. The zero-order chi connectivity index (χ0) is 14.2. The largest absolute Gasteiger partial charge is 0.360 e. The van der Waals surface area contributed by atoms with Gasteiger partial charge in [0.05, 0.1) is 10.6 Å². The average molecular weight is 289 g/mol. The van der Waals surface area contributed by atoms with Crippen molar-refractivity contribution in [3.63, 3.8) is 0 Å². The van der Waals surface area contributed by atoms with Gasteiger partial charge in [0.1, 0.15) is 5.82 Å². The van der Waals surface area contributed by atoms with Crippen molar-refractivity contribution in [2.75, 3.05) is 0 Å². The number of aromatic nitrogens is 1. The Balaban J connectivity index is 2.07. The number of sulfone groups is 1. The van der Waals surface area contributed by atoms with E-state index >= 15 is 0 Å². The number of hydrogen-bond acceptors (Lipinski definition) is 2. The summed E-state index contributed by atoms with van der Waals surface area (Å²) in [4.78, 5) is 3.13. The van der Waals surface area contributed by atoms with Crippen LogP contribution in [-0.2, 0) is 15.6 Å². The summed E-state index contributed by atoms with van der Waals surface area (Å²) in [5, 5.41) is 0.629.